The number of carbonyl (C=O) groups excluding carboxylic acids is 6. The second-order valence-corrected chi connectivity index (χ2v) is 17.0. The molecular weight excluding hydrogens is 1240 g/mol. The Morgan fingerprint density at radius 2 is 0.828 bits per heavy atom. The molecule has 482 valence electrons. The van der Waals surface area contributed by atoms with Gasteiger partial charge in [0.2, 0.25) is 0 Å². The third kappa shape index (κ3) is 28.1. The SMILES string of the molecule is C.C.C.C.C.C.CNC(=O)c1c(C)cccc1Cl.CNC(=O)c1c(Cl)cccc1Cl.CNC(=O)c1cc(C(F)(F)F)ccc1Cl.CNC(=O)c1ccc(F)cc1C(F)(F)F.CNC(=O)c1ccc([N+](=O)[O-])cc1C.CNC(=O)c1ccccc1[N+](=O)[O-]. The van der Waals surface area contributed by atoms with Crippen molar-refractivity contribution < 1.29 is 69.3 Å². The van der Waals surface area contributed by atoms with Gasteiger partial charge in [-0.3, -0.25) is 49.0 Å². The second kappa shape index (κ2) is 42.4. The van der Waals surface area contributed by atoms with Gasteiger partial charge in [0.1, 0.15) is 11.4 Å². The summed E-state index contributed by atoms with van der Waals surface area (Å²) in [5.41, 5.74) is -0.233. The highest BCUT2D eigenvalue weighted by atomic mass is 35.5. The lowest BCUT2D eigenvalue weighted by atomic mass is 10.1. The molecule has 0 aliphatic rings. The van der Waals surface area contributed by atoms with Crippen LogP contribution in [0.2, 0.25) is 20.1 Å². The predicted molar refractivity (Wildman–Crippen MR) is 332 cm³/mol. The molecule has 29 heteroatoms. The highest BCUT2D eigenvalue weighted by molar-refractivity contribution is 6.39. The van der Waals surface area contributed by atoms with Crippen LogP contribution in [0.5, 0.6) is 0 Å². The zero-order valence-electron chi connectivity index (χ0n) is 43.6. The van der Waals surface area contributed by atoms with Gasteiger partial charge in [-0.1, -0.05) is 121 Å². The third-order valence-electron chi connectivity index (χ3n) is 10.1. The number of nitro groups is 2. The van der Waals surface area contributed by atoms with E-state index in [1.54, 1.807) is 44.3 Å². The number of benzene rings is 6. The molecule has 18 nitrogen and oxygen atoms in total. The van der Waals surface area contributed by atoms with Gasteiger partial charge in [-0.05, 0) is 91.7 Å². The monoisotopic (exact) mass is 1310 g/mol. The van der Waals surface area contributed by atoms with Crippen LogP contribution >= 0.6 is 46.4 Å². The van der Waals surface area contributed by atoms with Gasteiger partial charge in [-0.15, -0.1) is 0 Å². The molecule has 6 rings (SSSR count). The van der Waals surface area contributed by atoms with Crippen molar-refractivity contribution in [3.05, 3.63) is 217 Å². The maximum absolute atomic E-state index is 12.6. The van der Waals surface area contributed by atoms with E-state index in [-0.39, 0.29) is 89.8 Å². The fourth-order valence-electron chi connectivity index (χ4n) is 6.09. The van der Waals surface area contributed by atoms with Crippen LogP contribution in [0.1, 0.15) is 129 Å². The van der Waals surface area contributed by atoms with Gasteiger partial charge in [0.05, 0.1) is 63.3 Å². The molecule has 0 atom stereocenters. The molecule has 6 aromatic rings. The summed E-state index contributed by atoms with van der Waals surface area (Å²) in [4.78, 5) is 86.8. The first-order valence-corrected chi connectivity index (χ1v) is 24.0. The molecule has 6 amide bonds. The molecule has 0 bridgehead atoms. The number of nitrogens with zero attached hydrogens (tertiary/aromatic N) is 2. The first-order chi connectivity index (χ1) is 37.8. The highest BCUT2D eigenvalue weighted by Crippen LogP contribution is 2.33. The van der Waals surface area contributed by atoms with Crippen molar-refractivity contribution >= 4 is 93.2 Å². The number of nitrogens with one attached hydrogen (secondary N) is 6. The van der Waals surface area contributed by atoms with Crippen LogP contribution in [0.15, 0.2) is 115 Å². The maximum atomic E-state index is 12.6. The normalized spacial score (nSPS) is 9.46. The number of alkyl halides is 6. The Bertz CT molecular complexity index is 3140. The van der Waals surface area contributed by atoms with Crippen LogP contribution in [0.4, 0.5) is 42.1 Å². The lowest BCUT2D eigenvalue weighted by Crippen LogP contribution is -2.22. The lowest BCUT2D eigenvalue weighted by Gasteiger charge is -2.11. The van der Waals surface area contributed by atoms with Gasteiger partial charge < -0.3 is 31.9 Å². The first kappa shape index (κ1) is 89.8. The molecule has 0 spiro atoms. The van der Waals surface area contributed by atoms with Gasteiger partial charge in [-0.2, -0.15) is 26.3 Å². The van der Waals surface area contributed by atoms with E-state index in [0.29, 0.717) is 43.4 Å². The quantitative estimate of drug-likeness (QED) is 0.0477. The van der Waals surface area contributed by atoms with Crippen molar-refractivity contribution in [2.24, 2.45) is 0 Å². The number of para-hydroxylation sites is 1. The number of aryl methyl sites for hydroxylation is 2. The minimum absolute atomic E-state index is 0. The first-order valence-electron chi connectivity index (χ1n) is 22.5. The average Bonchev–Trinajstić information content (AvgIpc) is 3.30. The fraction of sp³-hybridized carbons (Fsp3) is 0.276. The molecule has 0 heterocycles. The summed E-state index contributed by atoms with van der Waals surface area (Å²) in [7, 11) is 8.58. The van der Waals surface area contributed by atoms with E-state index in [0.717, 1.165) is 35.9 Å². The number of halogens is 11. The van der Waals surface area contributed by atoms with Crippen LogP contribution in [0, 0.1) is 39.9 Å². The van der Waals surface area contributed by atoms with E-state index >= 15 is 0 Å². The Hall–Kier alpha value is -8.39. The van der Waals surface area contributed by atoms with Crippen molar-refractivity contribution in [1.82, 2.24) is 31.9 Å². The molecule has 6 N–H and O–H groups in total. The summed E-state index contributed by atoms with van der Waals surface area (Å²) in [6, 6.07) is 24.8. The molecule has 0 aromatic heterocycles. The minimum atomic E-state index is -4.75. The number of hydrogen-bond acceptors (Lipinski definition) is 10. The number of non-ortho nitro benzene ring substituents is 1. The Labute approximate surface area is 522 Å². The standard InChI is InChI=1S/C9H7ClF3NO.C9H10ClNO.C9H7F4NO.C9H10N2O3.C8H7Cl2NO.C8H8N2O3.6CH4/c1-14-8(15)6-4-5(9(11,12)13)2-3-7(6)10;1-6-4-3-5-7(10)8(6)9(12)11-2;1-14-8(15)6-3-2-5(10)4-7(6)9(11,12)13;1-6-5-7(11(13)14)3-4-8(6)9(12)10-2;1-11-8(12)7-5(9)3-2-4-6(7)10;1-9-8(11)6-4-2-3-5-7(6)10(12)13;;;;;;/h2-4H,1H3,(H,14,15);3-5H,1-2H3,(H,11,12);2-4H,1H3,(H,14,15);3-5H,1-2H3,(H,10,12);2-4H,1H3,(H,11,12);2-5H,1H3,(H,9,11);6*1H4. The topological polar surface area (TPSA) is 261 Å². The molecule has 0 aliphatic heterocycles. The van der Waals surface area contributed by atoms with Gasteiger partial charge in [0, 0.05) is 66.0 Å². The second-order valence-electron chi connectivity index (χ2n) is 15.4. The van der Waals surface area contributed by atoms with Gasteiger partial charge >= 0.3 is 12.4 Å². The number of carbonyl (C=O) groups is 6. The van der Waals surface area contributed by atoms with E-state index in [4.69, 9.17) is 46.4 Å². The third-order valence-corrected chi connectivity index (χ3v) is 11.4. The van der Waals surface area contributed by atoms with Crippen molar-refractivity contribution in [1.29, 1.82) is 0 Å². The molecule has 0 aliphatic carbocycles. The van der Waals surface area contributed by atoms with Gasteiger partial charge in [0.25, 0.3) is 46.8 Å². The van der Waals surface area contributed by atoms with E-state index in [2.05, 4.69) is 31.9 Å². The number of nitro benzene ring substituents is 2. The van der Waals surface area contributed by atoms with Crippen LogP contribution in [-0.2, 0) is 12.4 Å². The Balaban J connectivity index is -0.000000224. The van der Waals surface area contributed by atoms with Crippen LogP contribution < -0.4 is 31.9 Å². The molecule has 0 fully saturated rings. The summed E-state index contributed by atoms with van der Waals surface area (Å²) >= 11 is 22.9. The largest absolute Gasteiger partial charge is 0.417 e. The predicted octanol–water partition coefficient (Wildman–Crippen LogP) is 15.3. The van der Waals surface area contributed by atoms with Crippen LogP contribution in [0.25, 0.3) is 0 Å². The van der Waals surface area contributed by atoms with Crippen molar-refractivity contribution in [3.8, 4) is 0 Å². The molecular formula is C58H73Cl4F7N8O10. The minimum Gasteiger partial charge on any atom is -0.355 e. The van der Waals surface area contributed by atoms with Crippen molar-refractivity contribution in [2.45, 2.75) is 70.8 Å². The van der Waals surface area contributed by atoms with Crippen molar-refractivity contribution in [2.75, 3.05) is 42.3 Å². The highest BCUT2D eigenvalue weighted by Gasteiger charge is 2.35. The number of amides is 6. The molecule has 0 unspecified atom stereocenters. The zero-order chi connectivity index (χ0) is 62.1. The molecule has 6 aromatic carbocycles. The lowest BCUT2D eigenvalue weighted by molar-refractivity contribution is -0.385. The van der Waals surface area contributed by atoms with Gasteiger partial charge in [-0.25, -0.2) is 4.39 Å². The zero-order valence-corrected chi connectivity index (χ0v) is 46.6. The molecule has 87 heavy (non-hydrogen) atoms. The smallest absolute Gasteiger partial charge is 0.355 e. The van der Waals surface area contributed by atoms with Crippen LogP contribution in [-0.4, -0.2) is 87.6 Å². The molecule has 0 saturated carbocycles. The average molecular weight is 1320 g/mol. The Kier molecular flexibility index (Phi) is 43.8. The summed E-state index contributed by atoms with van der Waals surface area (Å²) in [6.07, 6.45) is -9.22. The van der Waals surface area contributed by atoms with E-state index in [9.17, 15) is 79.7 Å². The van der Waals surface area contributed by atoms with Gasteiger partial charge in [0.15, 0.2) is 0 Å². The fourth-order valence-corrected chi connectivity index (χ4v) is 7.17. The molecule has 0 radical (unpaired) electrons. The summed E-state index contributed by atoms with van der Waals surface area (Å²) in [6.45, 7) is 3.52. The van der Waals surface area contributed by atoms with Crippen LogP contribution in [0.3, 0.4) is 0 Å². The van der Waals surface area contributed by atoms with Crippen molar-refractivity contribution in [3.63, 3.8) is 0 Å². The number of rotatable bonds is 8. The molecule has 0 saturated heterocycles. The summed E-state index contributed by atoms with van der Waals surface area (Å²) in [5.74, 6) is -3.68. The Morgan fingerprint density at radius 3 is 1.25 bits per heavy atom. The Morgan fingerprint density at radius 1 is 0.414 bits per heavy atom. The number of hydrogen-bond donors (Lipinski definition) is 6. The van der Waals surface area contributed by atoms with E-state index in [1.807, 2.05) is 19.1 Å². The van der Waals surface area contributed by atoms with E-state index in [1.165, 1.54) is 71.6 Å². The maximum Gasteiger partial charge on any atom is 0.417 e. The van der Waals surface area contributed by atoms with E-state index < -0.39 is 62.4 Å². The summed E-state index contributed by atoms with van der Waals surface area (Å²) in [5, 5.41) is 36.1. The summed E-state index contributed by atoms with van der Waals surface area (Å²) < 4.78 is 86.6.